The second kappa shape index (κ2) is 7.66. The van der Waals surface area contributed by atoms with Crippen molar-refractivity contribution in [3.63, 3.8) is 0 Å². The van der Waals surface area contributed by atoms with Crippen LogP contribution in [-0.4, -0.2) is 48.1 Å². The Morgan fingerprint density at radius 3 is 2.58 bits per heavy atom. The molecular weight excluding hydrogens is 346 g/mol. The van der Waals surface area contributed by atoms with E-state index in [1.165, 1.54) is 10.6 Å². The summed E-state index contributed by atoms with van der Waals surface area (Å²) in [7, 11) is 1.68. The maximum atomic E-state index is 12.7. The summed E-state index contributed by atoms with van der Waals surface area (Å²) in [6.45, 7) is 8.74. The van der Waals surface area contributed by atoms with Crippen LogP contribution >= 0.6 is 11.3 Å². The Labute approximate surface area is 159 Å². The predicted molar refractivity (Wildman–Crippen MR) is 106 cm³/mol. The monoisotopic (exact) mass is 373 g/mol. The van der Waals surface area contributed by atoms with Crippen LogP contribution in [-0.2, 0) is 11.2 Å². The van der Waals surface area contributed by atoms with Gasteiger partial charge in [0.25, 0.3) is 0 Å². The molecule has 2 heterocycles. The van der Waals surface area contributed by atoms with Gasteiger partial charge < -0.3 is 14.5 Å². The van der Waals surface area contributed by atoms with E-state index in [1.54, 1.807) is 18.4 Å². The van der Waals surface area contributed by atoms with Crippen LogP contribution in [0.4, 0.5) is 5.69 Å². The molecule has 6 heteroatoms. The molecule has 140 valence electrons. The number of nitrogens with zero attached hydrogens (tertiary/aromatic N) is 3. The van der Waals surface area contributed by atoms with Crippen molar-refractivity contribution in [3.05, 3.63) is 40.3 Å². The molecule has 0 aliphatic carbocycles. The highest BCUT2D eigenvalue weighted by molar-refractivity contribution is 7.09. The molecule has 0 spiro atoms. The van der Waals surface area contributed by atoms with Gasteiger partial charge in [-0.05, 0) is 51.5 Å². The van der Waals surface area contributed by atoms with Gasteiger partial charge in [-0.1, -0.05) is 0 Å². The number of carbonyl (C=O) groups excluding carboxylic acids is 1. The van der Waals surface area contributed by atoms with Crippen molar-refractivity contribution in [1.29, 1.82) is 0 Å². The van der Waals surface area contributed by atoms with E-state index in [4.69, 9.17) is 4.74 Å². The van der Waals surface area contributed by atoms with Crippen molar-refractivity contribution < 1.29 is 9.53 Å². The predicted octanol–water partition coefficient (Wildman–Crippen LogP) is 3.52. The van der Waals surface area contributed by atoms with E-state index in [-0.39, 0.29) is 11.4 Å². The second-order valence-corrected chi connectivity index (χ2v) is 8.28. The number of rotatable bonds is 5. The van der Waals surface area contributed by atoms with E-state index in [1.807, 2.05) is 29.5 Å². The highest BCUT2D eigenvalue weighted by atomic mass is 32.1. The summed E-state index contributed by atoms with van der Waals surface area (Å²) in [5, 5.41) is 0. The van der Waals surface area contributed by atoms with Crippen molar-refractivity contribution in [2.45, 2.75) is 39.2 Å². The van der Waals surface area contributed by atoms with Gasteiger partial charge in [0.1, 0.15) is 5.75 Å². The minimum Gasteiger partial charge on any atom is -0.497 e. The number of piperazine rings is 1. The number of methoxy groups -OCH3 is 1. The van der Waals surface area contributed by atoms with E-state index in [0.29, 0.717) is 6.42 Å². The molecule has 1 aromatic heterocycles. The highest BCUT2D eigenvalue weighted by Gasteiger charge is 2.35. The third-order valence-electron chi connectivity index (χ3n) is 5.05. The lowest BCUT2D eigenvalue weighted by Crippen LogP contribution is -2.60. The number of hydrogen-bond donors (Lipinski definition) is 0. The van der Waals surface area contributed by atoms with Gasteiger partial charge in [-0.15, -0.1) is 11.3 Å². The molecule has 26 heavy (non-hydrogen) atoms. The fourth-order valence-electron chi connectivity index (χ4n) is 3.55. The number of ether oxygens (including phenoxy) is 1. The molecule has 1 amide bonds. The SMILES string of the molecule is COc1ccc(N2CCN(C(=O)CCc3scnc3C)CC2(C)C)cc1. The first-order valence-electron chi connectivity index (χ1n) is 8.99. The summed E-state index contributed by atoms with van der Waals surface area (Å²) in [4.78, 5) is 22.6. The van der Waals surface area contributed by atoms with Crippen LogP contribution in [0.15, 0.2) is 29.8 Å². The molecule has 1 fully saturated rings. The van der Waals surface area contributed by atoms with E-state index < -0.39 is 0 Å². The zero-order valence-corrected chi connectivity index (χ0v) is 16.8. The molecule has 1 aliphatic heterocycles. The van der Waals surface area contributed by atoms with Crippen molar-refractivity contribution in [2.75, 3.05) is 31.6 Å². The second-order valence-electron chi connectivity index (χ2n) is 7.34. The molecule has 1 saturated heterocycles. The van der Waals surface area contributed by atoms with E-state index in [9.17, 15) is 4.79 Å². The van der Waals surface area contributed by atoms with Crippen molar-refractivity contribution in [2.24, 2.45) is 0 Å². The van der Waals surface area contributed by atoms with E-state index >= 15 is 0 Å². The standard InChI is InChI=1S/C20H27N3O2S/c1-15-18(26-14-21-15)9-10-19(24)22-11-12-23(20(2,3)13-22)16-5-7-17(25-4)8-6-16/h5-8,14H,9-13H2,1-4H3. The molecule has 0 atom stereocenters. The molecule has 0 unspecified atom stereocenters. The van der Waals surface area contributed by atoms with Crippen LogP contribution in [0.1, 0.15) is 30.8 Å². The Morgan fingerprint density at radius 1 is 1.27 bits per heavy atom. The molecule has 1 aliphatic rings. The number of thiazole rings is 1. The first kappa shape index (κ1) is 18.7. The van der Waals surface area contributed by atoms with E-state index in [0.717, 1.165) is 37.5 Å². The Morgan fingerprint density at radius 2 is 2.00 bits per heavy atom. The van der Waals surface area contributed by atoms with Crippen LogP contribution in [0.25, 0.3) is 0 Å². The van der Waals surface area contributed by atoms with Crippen LogP contribution in [0.2, 0.25) is 0 Å². The summed E-state index contributed by atoms with van der Waals surface area (Å²) in [5.74, 6) is 1.10. The van der Waals surface area contributed by atoms with Gasteiger partial charge >= 0.3 is 0 Å². The minimum absolute atomic E-state index is 0.108. The molecule has 0 radical (unpaired) electrons. The molecule has 0 N–H and O–H groups in total. The normalized spacial score (nSPS) is 16.6. The molecule has 2 aromatic rings. The number of aromatic nitrogens is 1. The number of amides is 1. The van der Waals surface area contributed by atoms with Gasteiger partial charge in [-0.2, -0.15) is 0 Å². The summed E-state index contributed by atoms with van der Waals surface area (Å²) < 4.78 is 5.25. The number of anilines is 1. The van der Waals surface area contributed by atoms with Gasteiger partial charge in [0.2, 0.25) is 5.91 Å². The van der Waals surface area contributed by atoms with E-state index in [2.05, 4.69) is 35.9 Å². The van der Waals surface area contributed by atoms with Crippen LogP contribution in [0.3, 0.4) is 0 Å². The van der Waals surface area contributed by atoms with Gasteiger partial charge in [0.15, 0.2) is 0 Å². The lowest BCUT2D eigenvalue weighted by molar-refractivity contribution is -0.132. The number of benzene rings is 1. The Hall–Kier alpha value is -2.08. The summed E-state index contributed by atoms with van der Waals surface area (Å²) in [5.41, 5.74) is 3.96. The Balaban J connectivity index is 1.62. The molecule has 0 saturated carbocycles. The summed E-state index contributed by atoms with van der Waals surface area (Å²) in [6, 6.07) is 8.15. The first-order valence-corrected chi connectivity index (χ1v) is 9.87. The maximum Gasteiger partial charge on any atom is 0.223 e. The summed E-state index contributed by atoms with van der Waals surface area (Å²) in [6.07, 6.45) is 1.34. The largest absolute Gasteiger partial charge is 0.497 e. The van der Waals surface area contributed by atoms with Gasteiger partial charge in [0, 0.05) is 36.6 Å². The van der Waals surface area contributed by atoms with Crippen molar-refractivity contribution in [1.82, 2.24) is 9.88 Å². The number of hydrogen-bond acceptors (Lipinski definition) is 5. The van der Waals surface area contributed by atoms with Crippen LogP contribution in [0, 0.1) is 6.92 Å². The fraction of sp³-hybridized carbons (Fsp3) is 0.500. The number of carbonyl (C=O) groups is 1. The lowest BCUT2D eigenvalue weighted by Gasteiger charge is -2.48. The zero-order valence-electron chi connectivity index (χ0n) is 16.0. The molecule has 1 aromatic carbocycles. The maximum absolute atomic E-state index is 12.7. The average Bonchev–Trinajstić information content (AvgIpc) is 3.04. The van der Waals surface area contributed by atoms with Crippen LogP contribution in [0.5, 0.6) is 5.75 Å². The zero-order chi connectivity index (χ0) is 18.7. The highest BCUT2D eigenvalue weighted by Crippen LogP contribution is 2.29. The van der Waals surface area contributed by atoms with Gasteiger partial charge in [0.05, 0.1) is 23.9 Å². The minimum atomic E-state index is -0.108. The molecule has 5 nitrogen and oxygen atoms in total. The van der Waals surface area contributed by atoms with Crippen molar-refractivity contribution in [3.8, 4) is 5.75 Å². The Kier molecular flexibility index (Phi) is 5.51. The molecule has 0 bridgehead atoms. The lowest BCUT2D eigenvalue weighted by atomic mass is 9.97. The molecule has 3 rings (SSSR count). The smallest absolute Gasteiger partial charge is 0.223 e. The third kappa shape index (κ3) is 4.01. The third-order valence-corrected chi connectivity index (χ3v) is 6.04. The quantitative estimate of drug-likeness (QED) is 0.804. The van der Waals surface area contributed by atoms with Crippen molar-refractivity contribution >= 4 is 22.9 Å². The molecular formula is C20H27N3O2S. The topological polar surface area (TPSA) is 45.7 Å². The average molecular weight is 374 g/mol. The summed E-state index contributed by atoms with van der Waals surface area (Å²) >= 11 is 1.64. The van der Waals surface area contributed by atoms with Crippen LogP contribution < -0.4 is 9.64 Å². The number of aryl methyl sites for hydroxylation is 2. The first-order chi connectivity index (χ1) is 12.4. The fourth-order valence-corrected chi connectivity index (χ4v) is 4.33. The van der Waals surface area contributed by atoms with Gasteiger partial charge in [-0.25, -0.2) is 4.98 Å². The Bertz CT molecular complexity index is 755. The van der Waals surface area contributed by atoms with Gasteiger partial charge in [-0.3, -0.25) is 4.79 Å².